The van der Waals surface area contributed by atoms with Crippen LogP contribution < -0.4 is 4.74 Å². The Balaban J connectivity index is 1.68. The van der Waals surface area contributed by atoms with Crippen molar-refractivity contribution in [3.05, 3.63) is 78.4 Å². The van der Waals surface area contributed by atoms with Gasteiger partial charge >= 0.3 is 5.97 Å². The minimum absolute atomic E-state index is 0.0805. The van der Waals surface area contributed by atoms with Gasteiger partial charge in [-0.25, -0.2) is 4.79 Å². The van der Waals surface area contributed by atoms with E-state index in [0.717, 1.165) is 5.56 Å². The molecule has 2 atom stereocenters. The molecule has 184 valence electrons. The second-order valence-electron chi connectivity index (χ2n) is 9.18. The summed E-state index contributed by atoms with van der Waals surface area (Å²) in [4.78, 5) is 25.0. The summed E-state index contributed by atoms with van der Waals surface area (Å²) in [6.07, 6.45) is 0.180. The maximum atomic E-state index is 12.7. The first-order chi connectivity index (χ1) is 16.2. The summed E-state index contributed by atoms with van der Waals surface area (Å²) in [6.45, 7) is 7.25. The van der Waals surface area contributed by atoms with Gasteiger partial charge in [0.05, 0.1) is 12.2 Å². The molecule has 0 spiro atoms. The first-order valence-corrected chi connectivity index (χ1v) is 11.6. The summed E-state index contributed by atoms with van der Waals surface area (Å²) >= 11 is 0. The number of Topliss-reactive ketones (excluding diaryl/α,β-unsaturated/α-hetero) is 1. The van der Waals surface area contributed by atoms with Gasteiger partial charge in [0.2, 0.25) is 0 Å². The van der Waals surface area contributed by atoms with Crippen LogP contribution in [0, 0.1) is 5.41 Å². The Kier molecular flexibility index (Phi) is 11.0. The first kappa shape index (κ1) is 27.3. The van der Waals surface area contributed by atoms with Crippen LogP contribution in [0.4, 0.5) is 0 Å². The van der Waals surface area contributed by atoms with Gasteiger partial charge in [0.25, 0.3) is 0 Å². The van der Waals surface area contributed by atoms with Crippen molar-refractivity contribution in [2.24, 2.45) is 5.41 Å². The number of para-hydroxylation sites is 1. The second kappa shape index (κ2) is 13.7. The number of hydrogen-bond donors (Lipinski definition) is 2. The molecule has 2 rings (SSSR count). The number of carbonyl (C=O) groups is 2. The maximum Gasteiger partial charge on any atom is 0.333 e. The van der Waals surface area contributed by atoms with Gasteiger partial charge in [-0.2, -0.15) is 0 Å². The Bertz CT molecular complexity index is 907. The average molecular weight is 469 g/mol. The molecule has 6 nitrogen and oxygen atoms in total. The SMILES string of the molecule is C=C(CC(C)(C)C(=O)CCC(O)COc1ccccc1)C(=O)OCC(O)CCc1ccccc1. The van der Waals surface area contributed by atoms with Gasteiger partial charge in [-0.15, -0.1) is 0 Å². The van der Waals surface area contributed by atoms with Gasteiger partial charge in [-0.1, -0.05) is 69.0 Å². The minimum Gasteiger partial charge on any atom is -0.491 e. The molecule has 0 fully saturated rings. The van der Waals surface area contributed by atoms with Crippen molar-refractivity contribution in [3.8, 4) is 5.75 Å². The number of rotatable bonds is 15. The quantitative estimate of drug-likeness (QED) is 0.299. The van der Waals surface area contributed by atoms with E-state index in [1.807, 2.05) is 48.5 Å². The Labute approximate surface area is 202 Å². The summed E-state index contributed by atoms with van der Waals surface area (Å²) < 4.78 is 10.7. The molecule has 0 saturated heterocycles. The lowest BCUT2D eigenvalue weighted by atomic mass is 9.80. The number of ketones is 1. The molecular weight excluding hydrogens is 432 g/mol. The number of benzene rings is 2. The molecule has 2 aromatic rings. The highest BCUT2D eigenvalue weighted by molar-refractivity contribution is 5.91. The van der Waals surface area contributed by atoms with Crippen LogP contribution >= 0.6 is 0 Å². The number of esters is 1. The lowest BCUT2D eigenvalue weighted by molar-refractivity contribution is -0.142. The molecule has 2 aromatic carbocycles. The van der Waals surface area contributed by atoms with Crippen molar-refractivity contribution in [2.75, 3.05) is 13.2 Å². The molecule has 0 aliphatic heterocycles. The molecule has 0 aromatic heterocycles. The topological polar surface area (TPSA) is 93.1 Å². The molecule has 0 radical (unpaired) electrons. The van der Waals surface area contributed by atoms with Gasteiger partial charge in [0, 0.05) is 17.4 Å². The number of carbonyl (C=O) groups excluding carboxylic acids is 2. The summed E-state index contributed by atoms with van der Waals surface area (Å²) in [5, 5.41) is 20.2. The monoisotopic (exact) mass is 468 g/mol. The molecule has 0 heterocycles. The standard InChI is InChI=1S/C28H36O6/c1-21(27(32)34-20-23(29)15-14-22-10-6-4-7-11-22)18-28(2,3)26(31)17-16-24(30)19-33-25-12-8-5-9-13-25/h4-13,23-24,29-30H,1,14-20H2,2-3H3. The van der Waals surface area contributed by atoms with E-state index >= 15 is 0 Å². The molecule has 6 heteroatoms. The lowest BCUT2D eigenvalue weighted by Gasteiger charge is -2.24. The fourth-order valence-electron chi connectivity index (χ4n) is 3.47. The van der Waals surface area contributed by atoms with E-state index in [4.69, 9.17) is 9.47 Å². The Morgan fingerprint density at radius 2 is 1.50 bits per heavy atom. The zero-order valence-electron chi connectivity index (χ0n) is 20.1. The van der Waals surface area contributed by atoms with Crippen molar-refractivity contribution in [1.29, 1.82) is 0 Å². The Morgan fingerprint density at radius 1 is 0.912 bits per heavy atom. The molecule has 0 saturated carbocycles. The zero-order valence-corrected chi connectivity index (χ0v) is 20.1. The van der Waals surface area contributed by atoms with Crippen molar-refractivity contribution >= 4 is 11.8 Å². The predicted octanol–water partition coefficient (Wildman–Crippen LogP) is 4.29. The van der Waals surface area contributed by atoms with Gasteiger partial charge in [0.1, 0.15) is 24.7 Å². The van der Waals surface area contributed by atoms with Crippen LogP contribution in [0.1, 0.15) is 45.1 Å². The second-order valence-corrected chi connectivity index (χ2v) is 9.18. The minimum atomic E-state index is -0.831. The molecule has 34 heavy (non-hydrogen) atoms. The number of aliphatic hydroxyl groups is 2. The molecule has 0 aliphatic carbocycles. The van der Waals surface area contributed by atoms with Crippen molar-refractivity contribution in [3.63, 3.8) is 0 Å². The summed E-state index contributed by atoms with van der Waals surface area (Å²) in [5.74, 6) is -0.0350. The fraction of sp³-hybridized carbons (Fsp3) is 0.429. The summed E-state index contributed by atoms with van der Waals surface area (Å²) in [5.41, 5.74) is 0.457. The highest BCUT2D eigenvalue weighted by atomic mass is 16.5. The van der Waals surface area contributed by atoms with Crippen LogP contribution in [0.2, 0.25) is 0 Å². The Hall–Kier alpha value is -2.96. The van der Waals surface area contributed by atoms with E-state index in [0.29, 0.717) is 18.6 Å². The van der Waals surface area contributed by atoms with Crippen LogP contribution in [0.3, 0.4) is 0 Å². The van der Waals surface area contributed by atoms with E-state index in [2.05, 4.69) is 6.58 Å². The third-order valence-electron chi connectivity index (χ3n) is 5.60. The van der Waals surface area contributed by atoms with Crippen molar-refractivity contribution in [1.82, 2.24) is 0 Å². The number of aryl methyl sites for hydroxylation is 1. The van der Waals surface area contributed by atoms with E-state index in [1.165, 1.54) is 0 Å². The third-order valence-corrected chi connectivity index (χ3v) is 5.60. The van der Waals surface area contributed by atoms with Gasteiger partial charge in [-0.3, -0.25) is 4.79 Å². The van der Waals surface area contributed by atoms with Crippen LogP contribution in [-0.2, 0) is 20.7 Å². The largest absolute Gasteiger partial charge is 0.491 e. The van der Waals surface area contributed by atoms with E-state index in [1.54, 1.807) is 26.0 Å². The molecule has 2 unspecified atom stereocenters. The normalized spacial score (nSPS) is 13.1. The zero-order chi connectivity index (χ0) is 25.0. The van der Waals surface area contributed by atoms with Crippen LogP contribution in [0.15, 0.2) is 72.8 Å². The number of ether oxygens (including phenoxy) is 2. The van der Waals surface area contributed by atoms with Crippen LogP contribution in [-0.4, -0.2) is 47.4 Å². The van der Waals surface area contributed by atoms with Crippen LogP contribution in [0.5, 0.6) is 5.75 Å². The third kappa shape index (κ3) is 9.89. The van der Waals surface area contributed by atoms with E-state index in [9.17, 15) is 19.8 Å². The van der Waals surface area contributed by atoms with Gasteiger partial charge in [-0.05, 0) is 43.4 Å². The van der Waals surface area contributed by atoms with Gasteiger partial charge in [0.15, 0.2) is 0 Å². The van der Waals surface area contributed by atoms with E-state index < -0.39 is 23.6 Å². The predicted molar refractivity (Wildman–Crippen MR) is 131 cm³/mol. The molecule has 0 aliphatic rings. The molecular formula is C28H36O6. The maximum absolute atomic E-state index is 12.7. The smallest absolute Gasteiger partial charge is 0.333 e. The average Bonchev–Trinajstić information content (AvgIpc) is 2.84. The molecule has 0 amide bonds. The number of aliphatic hydroxyl groups excluding tert-OH is 2. The van der Waals surface area contributed by atoms with Crippen molar-refractivity contribution < 1.29 is 29.3 Å². The number of hydrogen-bond acceptors (Lipinski definition) is 6. The van der Waals surface area contributed by atoms with Crippen LogP contribution in [0.25, 0.3) is 0 Å². The highest BCUT2D eigenvalue weighted by Gasteiger charge is 2.30. The Morgan fingerprint density at radius 3 is 2.15 bits per heavy atom. The molecule has 2 N–H and O–H groups in total. The molecule has 0 bridgehead atoms. The summed E-state index contributed by atoms with van der Waals surface area (Å²) in [6, 6.07) is 18.9. The highest BCUT2D eigenvalue weighted by Crippen LogP contribution is 2.28. The first-order valence-electron chi connectivity index (χ1n) is 11.6. The van der Waals surface area contributed by atoms with Gasteiger partial charge < -0.3 is 19.7 Å². The summed E-state index contributed by atoms with van der Waals surface area (Å²) in [7, 11) is 0. The van der Waals surface area contributed by atoms with Crippen molar-refractivity contribution in [2.45, 2.75) is 58.2 Å². The lowest BCUT2D eigenvalue weighted by Crippen LogP contribution is -2.29. The fourth-order valence-corrected chi connectivity index (χ4v) is 3.47. The van der Waals surface area contributed by atoms with E-state index in [-0.39, 0.29) is 43.8 Å².